The SMILES string of the molecule is O=c1ccn(Cc2ccc(-c3ccccc3-c3nn[nH]n3)cc2)cn1. The molecule has 1 N–H and O–H groups in total. The Kier molecular flexibility index (Phi) is 3.88. The summed E-state index contributed by atoms with van der Waals surface area (Å²) in [5.74, 6) is 0.569. The molecule has 0 bridgehead atoms. The molecule has 2 aromatic heterocycles. The molecule has 4 aromatic rings. The van der Waals surface area contributed by atoms with Crippen LogP contribution in [0, 0.1) is 0 Å². The van der Waals surface area contributed by atoms with Crippen LogP contribution in [0.5, 0.6) is 0 Å². The zero-order chi connectivity index (χ0) is 17.1. The zero-order valence-electron chi connectivity index (χ0n) is 13.2. The van der Waals surface area contributed by atoms with Crippen LogP contribution in [-0.2, 0) is 6.54 Å². The maximum absolute atomic E-state index is 11.1. The second-order valence-corrected chi connectivity index (χ2v) is 5.55. The first-order chi connectivity index (χ1) is 12.3. The molecule has 0 radical (unpaired) electrons. The molecule has 0 aliphatic carbocycles. The van der Waals surface area contributed by atoms with Crippen molar-refractivity contribution in [3.8, 4) is 22.5 Å². The van der Waals surface area contributed by atoms with Crippen LogP contribution in [-0.4, -0.2) is 30.2 Å². The molecule has 122 valence electrons. The number of aromatic nitrogens is 6. The molecule has 0 atom stereocenters. The van der Waals surface area contributed by atoms with Gasteiger partial charge in [0.1, 0.15) is 0 Å². The molecule has 0 saturated heterocycles. The summed E-state index contributed by atoms with van der Waals surface area (Å²) in [7, 11) is 0. The second-order valence-electron chi connectivity index (χ2n) is 5.55. The fraction of sp³-hybridized carbons (Fsp3) is 0.0556. The molecule has 0 fully saturated rings. The van der Waals surface area contributed by atoms with Crippen LogP contribution in [0.15, 0.2) is 71.9 Å². The molecular formula is C18H14N6O. The fourth-order valence-corrected chi connectivity index (χ4v) is 2.67. The van der Waals surface area contributed by atoms with E-state index in [0.29, 0.717) is 12.4 Å². The van der Waals surface area contributed by atoms with E-state index in [2.05, 4.69) is 49.9 Å². The summed E-state index contributed by atoms with van der Waals surface area (Å²) >= 11 is 0. The van der Waals surface area contributed by atoms with Crippen LogP contribution in [0.2, 0.25) is 0 Å². The standard InChI is InChI=1S/C18H14N6O/c25-17-9-10-24(12-19-17)11-13-5-7-14(8-6-13)15-3-1-2-4-16(15)18-20-22-23-21-18/h1-10,12H,11H2,(H,20,21,22,23). The summed E-state index contributed by atoms with van der Waals surface area (Å²) in [4.78, 5) is 14.8. The Morgan fingerprint density at radius 2 is 1.76 bits per heavy atom. The summed E-state index contributed by atoms with van der Waals surface area (Å²) in [5, 5.41) is 14.3. The van der Waals surface area contributed by atoms with Crippen LogP contribution in [0.1, 0.15) is 5.56 Å². The van der Waals surface area contributed by atoms with Crippen molar-refractivity contribution in [2.75, 3.05) is 0 Å². The van der Waals surface area contributed by atoms with E-state index in [-0.39, 0.29) is 5.56 Å². The number of tetrazole rings is 1. The molecule has 7 heteroatoms. The number of H-pyrrole nitrogens is 1. The lowest BCUT2D eigenvalue weighted by Gasteiger charge is -2.09. The summed E-state index contributed by atoms with van der Waals surface area (Å²) in [6.45, 7) is 0.653. The maximum atomic E-state index is 11.1. The minimum atomic E-state index is -0.232. The number of nitrogens with one attached hydrogen (secondary N) is 1. The number of benzene rings is 2. The van der Waals surface area contributed by atoms with Gasteiger partial charge in [0.15, 0.2) is 0 Å². The third-order valence-electron chi connectivity index (χ3n) is 3.89. The predicted octanol–water partition coefficient (Wildman–Crippen LogP) is 2.14. The minimum absolute atomic E-state index is 0.232. The van der Waals surface area contributed by atoms with Gasteiger partial charge >= 0.3 is 0 Å². The van der Waals surface area contributed by atoms with E-state index in [1.165, 1.54) is 6.07 Å². The highest BCUT2D eigenvalue weighted by atomic mass is 16.1. The molecule has 25 heavy (non-hydrogen) atoms. The van der Waals surface area contributed by atoms with E-state index < -0.39 is 0 Å². The van der Waals surface area contributed by atoms with E-state index >= 15 is 0 Å². The van der Waals surface area contributed by atoms with Gasteiger partial charge in [-0.2, -0.15) is 10.2 Å². The number of nitrogens with zero attached hydrogens (tertiary/aromatic N) is 5. The molecule has 0 spiro atoms. The van der Waals surface area contributed by atoms with Crippen molar-refractivity contribution in [3.05, 3.63) is 83.0 Å². The third kappa shape index (κ3) is 3.20. The Morgan fingerprint density at radius 1 is 0.960 bits per heavy atom. The van der Waals surface area contributed by atoms with Crippen LogP contribution in [0.3, 0.4) is 0 Å². The maximum Gasteiger partial charge on any atom is 0.272 e. The average Bonchev–Trinajstić information content (AvgIpc) is 3.19. The summed E-state index contributed by atoms with van der Waals surface area (Å²) in [6.07, 6.45) is 3.27. The normalized spacial score (nSPS) is 10.7. The van der Waals surface area contributed by atoms with Gasteiger partial charge in [0.05, 0.1) is 6.33 Å². The zero-order valence-corrected chi connectivity index (χ0v) is 13.2. The molecule has 7 nitrogen and oxygen atoms in total. The van der Waals surface area contributed by atoms with Gasteiger partial charge in [0, 0.05) is 24.4 Å². The average molecular weight is 330 g/mol. The Bertz CT molecular complexity index is 1020. The van der Waals surface area contributed by atoms with Crippen molar-refractivity contribution in [1.82, 2.24) is 30.2 Å². The molecule has 0 aliphatic rings. The van der Waals surface area contributed by atoms with Gasteiger partial charge in [-0.05, 0) is 21.9 Å². The fourth-order valence-electron chi connectivity index (χ4n) is 2.67. The Hall–Kier alpha value is -3.61. The molecule has 2 aromatic carbocycles. The highest BCUT2D eigenvalue weighted by molar-refractivity contribution is 5.80. The second kappa shape index (κ2) is 6.48. The van der Waals surface area contributed by atoms with Crippen molar-refractivity contribution in [2.24, 2.45) is 0 Å². The van der Waals surface area contributed by atoms with E-state index in [1.807, 2.05) is 28.8 Å². The molecule has 0 saturated carbocycles. The van der Waals surface area contributed by atoms with Gasteiger partial charge in [-0.15, -0.1) is 10.2 Å². The van der Waals surface area contributed by atoms with Crippen LogP contribution < -0.4 is 5.56 Å². The largest absolute Gasteiger partial charge is 0.334 e. The van der Waals surface area contributed by atoms with E-state index in [4.69, 9.17) is 0 Å². The number of hydrogen-bond acceptors (Lipinski definition) is 5. The first-order valence-electron chi connectivity index (χ1n) is 7.74. The third-order valence-corrected chi connectivity index (χ3v) is 3.89. The van der Waals surface area contributed by atoms with Crippen LogP contribution >= 0.6 is 0 Å². The Balaban J connectivity index is 1.63. The van der Waals surface area contributed by atoms with Crippen molar-refractivity contribution in [1.29, 1.82) is 0 Å². The van der Waals surface area contributed by atoms with Gasteiger partial charge in [0.25, 0.3) is 5.56 Å². The lowest BCUT2D eigenvalue weighted by molar-refractivity contribution is 0.760. The number of aromatic amines is 1. The minimum Gasteiger partial charge on any atom is -0.334 e. The molecule has 0 aliphatic heterocycles. The van der Waals surface area contributed by atoms with Gasteiger partial charge < -0.3 is 4.57 Å². The van der Waals surface area contributed by atoms with E-state index in [0.717, 1.165) is 22.3 Å². The smallest absolute Gasteiger partial charge is 0.272 e. The quantitative estimate of drug-likeness (QED) is 0.619. The lowest BCUT2D eigenvalue weighted by Crippen LogP contribution is -2.09. The van der Waals surface area contributed by atoms with Crippen molar-refractivity contribution < 1.29 is 0 Å². The monoisotopic (exact) mass is 330 g/mol. The Labute approximate surface area is 143 Å². The highest BCUT2D eigenvalue weighted by Crippen LogP contribution is 2.29. The first kappa shape index (κ1) is 14.9. The number of hydrogen-bond donors (Lipinski definition) is 1. The number of rotatable bonds is 4. The highest BCUT2D eigenvalue weighted by Gasteiger charge is 2.10. The lowest BCUT2D eigenvalue weighted by atomic mass is 9.98. The van der Waals surface area contributed by atoms with Gasteiger partial charge in [-0.25, -0.2) is 0 Å². The summed E-state index contributed by atoms with van der Waals surface area (Å²) < 4.78 is 1.86. The van der Waals surface area contributed by atoms with E-state index in [1.54, 1.807) is 12.5 Å². The van der Waals surface area contributed by atoms with Crippen LogP contribution in [0.4, 0.5) is 0 Å². The Morgan fingerprint density at radius 3 is 2.44 bits per heavy atom. The topological polar surface area (TPSA) is 89.4 Å². The van der Waals surface area contributed by atoms with Gasteiger partial charge in [-0.3, -0.25) is 4.79 Å². The van der Waals surface area contributed by atoms with Gasteiger partial charge in [0.2, 0.25) is 5.82 Å². The molecule has 0 unspecified atom stereocenters. The first-order valence-corrected chi connectivity index (χ1v) is 7.74. The van der Waals surface area contributed by atoms with Crippen molar-refractivity contribution >= 4 is 0 Å². The molecule has 2 heterocycles. The van der Waals surface area contributed by atoms with Crippen molar-refractivity contribution in [2.45, 2.75) is 6.54 Å². The summed E-state index contributed by atoms with van der Waals surface area (Å²) in [6, 6.07) is 17.6. The molecule has 4 rings (SSSR count). The summed E-state index contributed by atoms with van der Waals surface area (Å²) in [5.41, 5.74) is 3.92. The van der Waals surface area contributed by atoms with Crippen molar-refractivity contribution in [3.63, 3.8) is 0 Å². The predicted molar refractivity (Wildman–Crippen MR) is 92.6 cm³/mol. The molecular weight excluding hydrogens is 316 g/mol. The molecule has 0 amide bonds. The van der Waals surface area contributed by atoms with Crippen LogP contribution in [0.25, 0.3) is 22.5 Å². The van der Waals surface area contributed by atoms with E-state index in [9.17, 15) is 4.79 Å². The van der Waals surface area contributed by atoms with Gasteiger partial charge in [-0.1, -0.05) is 48.5 Å².